The van der Waals surface area contributed by atoms with Gasteiger partial charge in [-0.15, -0.1) is 0 Å². The van der Waals surface area contributed by atoms with E-state index in [0.717, 1.165) is 11.1 Å². The predicted octanol–water partition coefficient (Wildman–Crippen LogP) is 1.38. The number of hydrogen-bond acceptors (Lipinski definition) is 3. The van der Waals surface area contributed by atoms with E-state index in [9.17, 15) is 9.59 Å². The standard InChI is InChI=1S/C15H22N2O3/c1-9-5-6-13(7-10(9)2)17-15(20)14(19)16-12(4)11(3)8-18/h5-7,11-12,18H,8H2,1-4H3,(H,16,19)(H,17,20). The van der Waals surface area contributed by atoms with E-state index in [-0.39, 0.29) is 18.6 Å². The lowest BCUT2D eigenvalue weighted by Crippen LogP contribution is -2.44. The summed E-state index contributed by atoms with van der Waals surface area (Å²) in [6.45, 7) is 7.43. The Bertz CT molecular complexity index is 500. The molecule has 110 valence electrons. The molecule has 0 fully saturated rings. The number of benzene rings is 1. The lowest BCUT2D eigenvalue weighted by molar-refractivity contribution is -0.136. The maximum Gasteiger partial charge on any atom is 0.313 e. The number of rotatable bonds is 4. The summed E-state index contributed by atoms with van der Waals surface area (Å²) in [5.41, 5.74) is 2.76. The first-order chi connectivity index (χ1) is 9.35. The van der Waals surface area contributed by atoms with Gasteiger partial charge in [0.25, 0.3) is 0 Å². The van der Waals surface area contributed by atoms with Gasteiger partial charge in [0.15, 0.2) is 0 Å². The number of nitrogens with one attached hydrogen (secondary N) is 2. The summed E-state index contributed by atoms with van der Waals surface area (Å²) in [6.07, 6.45) is 0. The van der Waals surface area contributed by atoms with Crippen LogP contribution in [0.5, 0.6) is 0 Å². The molecule has 1 aromatic carbocycles. The van der Waals surface area contributed by atoms with Crippen LogP contribution in [0, 0.1) is 19.8 Å². The second-order valence-corrected chi connectivity index (χ2v) is 5.18. The summed E-state index contributed by atoms with van der Waals surface area (Å²) < 4.78 is 0. The highest BCUT2D eigenvalue weighted by Crippen LogP contribution is 2.14. The molecule has 0 aromatic heterocycles. The Kier molecular flexibility index (Phi) is 5.70. The van der Waals surface area contributed by atoms with E-state index < -0.39 is 11.8 Å². The van der Waals surface area contributed by atoms with Gasteiger partial charge in [-0.25, -0.2) is 0 Å². The third-order valence-corrected chi connectivity index (χ3v) is 3.47. The fourth-order valence-corrected chi connectivity index (χ4v) is 1.58. The molecule has 0 saturated carbocycles. The van der Waals surface area contributed by atoms with Crippen LogP contribution in [0.1, 0.15) is 25.0 Å². The third-order valence-electron chi connectivity index (χ3n) is 3.47. The molecule has 1 rings (SSSR count). The van der Waals surface area contributed by atoms with Crippen molar-refractivity contribution < 1.29 is 14.7 Å². The van der Waals surface area contributed by atoms with Crippen LogP contribution in [0.15, 0.2) is 18.2 Å². The van der Waals surface area contributed by atoms with Crippen LogP contribution < -0.4 is 10.6 Å². The van der Waals surface area contributed by atoms with Crippen LogP contribution in [0.4, 0.5) is 5.69 Å². The highest BCUT2D eigenvalue weighted by molar-refractivity contribution is 6.39. The van der Waals surface area contributed by atoms with Crippen molar-refractivity contribution in [3.05, 3.63) is 29.3 Å². The smallest absolute Gasteiger partial charge is 0.313 e. The number of aryl methyl sites for hydroxylation is 2. The van der Waals surface area contributed by atoms with Crippen LogP contribution in [0.3, 0.4) is 0 Å². The first-order valence-corrected chi connectivity index (χ1v) is 6.65. The fourth-order valence-electron chi connectivity index (χ4n) is 1.58. The van der Waals surface area contributed by atoms with Crippen LogP contribution in [0.2, 0.25) is 0 Å². The molecule has 5 nitrogen and oxygen atoms in total. The van der Waals surface area contributed by atoms with Crippen LogP contribution in [0.25, 0.3) is 0 Å². The van der Waals surface area contributed by atoms with E-state index in [1.807, 2.05) is 26.0 Å². The van der Waals surface area contributed by atoms with Gasteiger partial charge in [0.2, 0.25) is 0 Å². The molecule has 0 aliphatic heterocycles. The van der Waals surface area contributed by atoms with E-state index >= 15 is 0 Å². The molecule has 0 aliphatic rings. The summed E-state index contributed by atoms with van der Waals surface area (Å²) in [7, 11) is 0. The summed E-state index contributed by atoms with van der Waals surface area (Å²) in [6, 6.07) is 5.20. The van der Waals surface area contributed by atoms with E-state index in [2.05, 4.69) is 10.6 Å². The minimum atomic E-state index is -0.703. The third kappa shape index (κ3) is 4.35. The molecule has 0 aliphatic carbocycles. The van der Waals surface area contributed by atoms with Crippen molar-refractivity contribution in [2.24, 2.45) is 5.92 Å². The zero-order valence-corrected chi connectivity index (χ0v) is 12.4. The molecule has 2 amide bonds. The molecule has 20 heavy (non-hydrogen) atoms. The van der Waals surface area contributed by atoms with Crippen molar-refractivity contribution in [3.8, 4) is 0 Å². The highest BCUT2D eigenvalue weighted by Gasteiger charge is 2.19. The second kappa shape index (κ2) is 7.05. The van der Waals surface area contributed by atoms with Crippen molar-refractivity contribution in [3.63, 3.8) is 0 Å². The van der Waals surface area contributed by atoms with Gasteiger partial charge in [0.1, 0.15) is 0 Å². The van der Waals surface area contributed by atoms with Crippen LogP contribution >= 0.6 is 0 Å². The largest absolute Gasteiger partial charge is 0.396 e. The number of carbonyl (C=O) groups excluding carboxylic acids is 2. The van der Waals surface area contributed by atoms with Crippen molar-refractivity contribution in [2.75, 3.05) is 11.9 Å². The monoisotopic (exact) mass is 278 g/mol. The molecular formula is C15H22N2O3. The zero-order valence-electron chi connectivity index (χ0n) is 12.4. The van der Waals surface area contributed by atoms with E-state index in [0.29, 0.717) is 5.69 Å². The minimum Gasteiger partial charge on any atom is -0.396 e. The lowest BCUT2D eigenvalue weighted by Gasteiger charge is -2.18. The number of carbonyl (C=O) groups is 2. The molecule has 1 aromatic rings. The average molecular weight is 278 g/mol. The first kappa shape index (κ1) is 16.2. The number of hydrogen-bond donors (Lipinski definition) is 3. The molecule has 0 radical (unpaired) electrons. The fraction of sp³-hybridized carbons (Fsp3) is 0.467. The summed E-state index contributed by atoms with van der Waals surface area (Å²) >= 11 is 0. The van der Waals surface area contributed by atoms with Crippen LogP contribution in [-0.4, -0.2) is 29.6 Å². The van der Waals surface area contributed by atoms with Crippen molar-refractivity contribution in [1.82, 2.24) is 5.32 Å². The summed E-state index contributed by atoms with van der Waals surface area (Å²) in [5.74, 6) is -1.50. The Labute approximate surface area is 119 Å². The summed E-state index contributed by atoms with van der Waals surface area (Å²) in [5, 5.41) is 14.1. The van der Waals surface area contributed by atoms with Crippen molar-refractivity contribution in [2.45, 2.75) is 33.7 Å². The molecular weight excluding hydrogens is 256 g/mol. The van der Waals surface area contributed by atoms with Crippen LogP contribution in [-0.2, 0) is 9.59 Å². The van der Waals surface area contributed by atoms with Gasteiger partial charge >= 0.3 is 11.8 Å². The molecule has 5 heteroatoms. The van der Waals surface area contributed by atoms with Crippen molar-refractivity contribution >= 4 is 17.5 Å². The van der Waals surface area contributed by atoms with Gasteiger partial charge in [-0.2, -0.15) is 0 Å². The molecule has 0 spiro atoms. The molecule has 3 N–H and O–H groups in total. The van der Waals surface area contributed by atoms with Gasteiger partial charge in [0, 0.05) is 18.3 Å². The molecule has 2 atom stereocenters. The summed E-state index contributed by atoms with van der Waals surface area (Å²) in [4.78, 5) is 23.5. The van der Waals surface area contributed by atoms with E-state index in [4.69, 9.17) is 5.11 Å². The first-order valence-electron chi connectivity index (χ1n) is 6.65. The number of amides is 2. The van der Waals surface area contributed by atoms with E-state index in [1.54, 1.807) is 19.9 Å². The molecule has 0 heterocycles. The minimum absolute atomic E-state index is 0.0414. The Balaban J connectivity index is 2.62. The maximum absolute atomic E-state index is 11.8. The van der Waals surface area contributed by atoms with Gasteiger partial charge < -0.3 is 15.7 Å². The SMILES string of the molecule is Cc1ccc(NC(=O)C(=O)NC(C)C(C)CO)cc1C. The van der Waals surface area contributed by atoms with Gasteiger partial charge in [-0.05, 0) is 49.9 Å². The Hall–Kier alpha value is -1.88. The normalized spacial score (nSPS) is 13.4. The number of aliphatic hydroxyl groups excluding tert-OH is 1. The predicted molar refractivity (Wildman–Crippen MR) is 78.4 cm³/mol. The highest BCUT2D eigenvalue weighted by atomic mass is 16.3. The molecule has 0 bridgehead atoms. The lowest BCUT2D eigenvalue weighted by atomic mass is 10.1. The second-order valence-electron chi connectivity index (χ2n) is 5.18. The number of anilines is 1. The topological polar surface area (TPSA) is 78.4 Å². The van der Waals surface area contributed by atoms with Gasteiger partial charge in [0.05, 0.1) is 0 Å². The maximum atomic E-state index is 11.8. The Morgan fingerprint density at radius 1 is 1.15 bits per heavy atom. The Morgan fingerprint density at radius 2 is 1.80 bits per heavy atom. The quantitative estimate of drug-likeness (QED) is 0.728. The average Bonchev–Trinajstić information content (AvgIpc) is 2.41. The molecule has 2 unspecified atom stereocenters. The Morgan fingerprint density at radius 3 is 2.35 bits per heavy atom. The van der Waals surface area contributed by atoms with Gasteiger partial charge in [-0.1, -0.05) is 13.0 Å². The van der Waals surface area contributed by atoms with Gasteiger partial charge in [-0.3, -0.25) is 9.59 Å². The number of aliphatic hydroxyl groups is 1. The molecule has 0 saturated heterocycles. The van der Waals surface area contributed by atoms with Crippen molar-refractivity contribution in [1.29, 1.82) is 0 Å². The zero-order chi connectivity index (χ0) is 15.3. The van der Waals surface area contributed by atoms with E-state index in [1.165, 1.54) is 0 Å².